The van der Waals surface area contributed by atoms with Crippen molar-refractivity contribution in [3.05, 3.63) is 53.0 Å². The highest BCUT2D eigenvalue weighted by Gasteiger charge is 2.14. The molecule has 1 aromatic carbocycles. The molecule has 2 rings (SSSR count). The fourth-order valence-corrected chi connectivity index (χ4v) is 2.00. The van der Waals surface area contributed by atoms with Gasteiger partial charge in [0.05, 0.1) is 7.11 Å². The average molecular weight is 303 g/mol. The van der Waals surface area contributed by atoms with Gasteiger partial charge in [0, 0.05) is 6.54 Å². The van der Waals surface area contributed by atoms with Crippen LogP contribution in [0.5, 0.6) is 5.75 Å². The number of carboxylic acids is 1. The number of carbonyl (C=O) groups is 2. The molecule has 2 N–H and O–H groups in total. The second kappa shape index (κ2) is 6.80. The molecule has 6 nitrogen and oxygen atoms in total. The van der Waals surface area contributed by atoms with E-state index < -0.39 is 11.9 Å². The Morgan fingerprint density at radius 1 is 1.23 bits per heavy atom. The van der Waals surface area contributed by atoms with E-state index in [2.05, 4.69) is 5.32 Å². The minimum Gasteiger partial charge on any atom is -0.496 e. The van der Waals surface area contributed by atoms with E-state index in [1.807, 2.05) is 25.1 Å². The predicted molar refractivity (Wildman–Crippen MR) is 79.4 cm³/mol. The SMILES string of the molecule is COc1cc(CCNC(=O)c2ccc(C(=O)O)o2)ccc1C. The van der Waals surface area contributed by atoms with E-state index in [0.717, 1.165) is 16.9 Å². The molecule has 1 amide bonds. The molecule has 0 aliphatic rings. The Bertz CT molecular complexity index is 690. The Morgan fingerprint density at radius 3 is 2.59 bits per heavy atom. The van der Waals surface area contributed by atoms with Crippen molar-refractivity contribution in [1.82, 2.24) is 5.32 Å². The van der Waals surface area contributed by atoms with Crippen molar-refractivity contribution in [2.45, 2.75) is 13.3 Å². The quantitative estimate of drug-likeness (QED) is 0.854. The van der Waals surface area contributed by atoms with Crippen molar-refractivity contribution >= 4 is 11.9 Å². The number of ether oxygens (including phenoxy) is 1. The summed E-state index contributed by atoms with van der Waals surface area (Å²) in [5.74, 6) is -1.11. The molecule has 0 radical (unpaired) electrons. The number of aromatic carboxylic acids is 1. The minimum absolute atomic E-state index is 0.0149. The van der Waals surface area contributed by atoms with Crippen LogP contribution in [0.15, 0.2) is 34.7 Å². The summed E-state index contributed by atoms with van der Waals surface area (Å²) in [4.78, 5) is 22.5. The van der Waals surface area contributed by atoms with Gasteiger partial charge in [0.25, 0.3) is 5.91 Å². The lowest BCUT2D eigenvalue weighted by atomic mass is 10.1. The summed E-state index contributed by atoms with van der Waals surface area (Å²) in [5, 5.41) is 11.4. The third kappa shape index (κ3) is 3.66. The number of rotatable bonds is 6. The Labute approximate surface area is 127 Å². The van der Waals surface area contributed by atoms with Gasteiger partial charge in [-0.15, -0.1) is 0 Å². The molecular weight excluding hydrogens is 286 g/mol. The molecule has 2 aromatic rings. The lowest BCUT2D eigenvalue weighted by Crippen LogP contribution is -2.25. The number of carboxylic acid groups (broad SMARTS) is 1. The molecular formula is C16H17NO5. The van der Waals surface area contributed by atoms with Crippen LogP contribution >= 0.6 is 0 Å². The van der Waals surface area contributed by atoms with Crippen LogP contribution in [0.3, 0.4) is 0 Å². The lowest BCUT2D eigenvalue weighted by molar-refractivity contribution is 0.0659. The van der Waals surface area contributed by atoms with Crippen LogP contribution in [-0.4, -0.2) is 30.6 Å². The summed E-state index contributed by atoms with van der Waals surface area (Å²) in [6.07, 6.45) is 0.634. The van der Waals surface area contributed by atoms with Gasteiger partial charge in [-0.3, -0.25) is 4.79 Å². The molecule has 116 valence electrons. The topological polar surface area (TPSA) is 88.8 Å². The number of nitrogens with one attached hydrogen (secondary N) is 1. The third-order valence-corrected chi connectivity index (χ3v) is 3.21. The highest BCUT2D eigenvalue weighted by Crippen LogP contribution is 2.19. The zero-order valence-corrected chi connectivity index (χ0v) is 12.4. The van der Waals surface area contributed by atoms with Crippen LogP contribution in [-0.2, 0) is 6.42 Å². The third-order valence-electron chi connectivity index (χ3n) is 3.21. The summed E-state index contributed by atoms with van der Waals surface area (Å²) < 4.78 is 10.2. The standard InChI is InChI=1S/C16H17NO5/c1-10-3-4-11(9-14(10)21-2)7-8-17-15(18)12-5-6-13(22-12)16(19)20/h3-6,9H,7-8H2,1-2H3,(H,17,18)(H,19,20). The van der Waals surface area contributed by atoms with Crippen LogP contribution in [0, 0.1) is 6.92 Å². The van der Waals surface area contributed by atoms with Crippen LogP contribution in [0.4, 0.5) is 0 Å². The van der Waals surface area contributed by atoms with Crippen LogP contribution < -0.4 is 10.1 Å². The first-order valence-corrected chi connectivity index (χ1v) is 6.76. The lowest BCUT2D eigenvalue weighted by Gasteiger charge is -2.08. The molecule has 22 heavy (non-hydrogen) atoms. The number of furan rings is 1. The van der Waals surface area contributed by atoms with E-state index >= 15 is 0 Å². The summed E-state index contributed by atoms with van der Waals surface area (Å²) in [6, 6.07) is 8.45. The average Bonchev–Trinajstić information content (AvgIpc) is 2.99. The molecule has 0 unspecified atom stereocenters. The van der Waals surface area contributed by atoms with E-state index in [9.17, 15) is 9.59 Å². The van der Waals surface area contributed by atoms with E-state index in [1.54, 1.807) is 7.11 Å². The van der Waals surface area contributed by atoms with Crippen molar-refractivity contribution in [3.8, 4) is 5.75 Å². The van der Waals surface area contributed by atoms with E-state index in [0.29, 0.717) is 13.0 Å². The van der Waals surface area contributed by atoms with Crippen molar-refractivity contribution in [1.29, 1.82) is 0 Å². The van der Waals surface area contributed by atoms with Gasteiger partial charge in [-0.05, 0) is 42.7 Å². The fourth-order valence-electron chi connectivity index (χ4n) is 2.00. The maximum Gasteiger partial charge on any atom is 0.371 e. The zero-order valence-electron chi connectivity index (χ0n) is 12.4. The summed E-state index contributed by atoms with van der Waals surface area (Å²) >= 11 is 0. The summed E-state index contributed by atoms with van der Waals surface area (Å²) in [6.45, 7) is 2.37. The molecule has 1 heterocycles. The number of methoxy groups -OCH3 is 1. The van der Waals surface area contributed by atoms with Gasteiger partial charge in [0.2, 0.25) is 5.76 Å². The zero-order chi connectivity index (χ0) is 16.1. The first-order chi connectivity index (χ1) is 10.5. The van der Waals surface area contributed by atoms with Crippen molar-refractivity contribution < 1.29 is 23.8 Å². The van der Waals surface area contributed by atoms with E-state index in [4.69, 9.17) is 14.3 Å². The van der Waals surface area contributed by atoms with Gasteiger partial charge in [-0.1, -0.05) is 12.1 Å². The number of aryl methyl sites for hydroxylation is 1. The smallest absolute Gasteiger partial charge is 0.371 e. The Morgan fingerprint density at radius 2 is 1.95 bits per heavy atom. The molecule has 0 fully saturated rings. The van der Waals surface area contributed by atoms with E-state index in [1.165, 1.54) is 12.1 Å². The van der Waals surface area contributed by atoms with Gasteiger partial charge in [0.15, 0.2) is 5.76 Å². The van der Waals surface area contributed by atoms with Gasteiger partial charge in [0.1, 0.15) is 5.75 Å². The van der Waals surface area contributed by atoms with Crippen molar-refractivity contribution in [2.75, 3.05) is 13.7 Å². The first-order valence-electron chi connectivity index (χ1n) is 6.76. The number of amides is 1. The first kappa shape index (κ1) is 15.6. The molecule has 0 saturated heterocycles. The molecule has 1 aromatic heterocycles. The maximum absolute atomic E-state index is 11.8. The number of carbonyl (C=O) groups excluding carboxylic acids is 1. The highest BCUT2D eigenvalue weighted by atomic mass is 16.5. The molecule has 0 aliphatic carbocycles. The normalized spacial score (nSPS) is 10.3. The molecule has 0 saturated carbocycles. The Hall–Kier alpha value is -2.76. The second-order valence-corrected chi connectivity index (χ2v) is 4.78. The highest BCUT2D eigenvalue weighted by molar-refractivity contribution is 5.93. The molecule has 6 heteroatoms. The number of benzene rings is 1. The predicted octanol–water partition coefficient (Wildman–Crippen LogP) is 2.27. The molecule has 0 atom stereocenters. The van der Waals surface area contributed by atoms with Gasteiger partial charge >= 0.3 is 5.97 Å². The monoisotopic (exact) mass is 303 g/mol. The number of hydrogen-bond acceptors (Lipinski definition) is 4. The minimum atomic E-state index is -1.20. The Kier molecular flexibility index (Phi) is 4.83. The molecule has 0 spiro atoms. The van der Waals surface area contributed by atoms with Gasteiger partial charge in [-0.25, -0.2) is 4.79 Å². The van der Waals surface area contributed by atoms with Crippen LogP contribution in [0.25, 0.3) is 0 Å². The largest absolute Gasteiger partial charge is 0.496 e. The van der Waals surface area contributed by atoms with Crippen molar-refractivity contribution in [3.63, 3.8) is 0 Å². The second-order valence-electron chi connectivity index (χ2n) is 4.78. The molecule has 0 aliphatic heterocycles. The Balaban J connectivity index is 1.90. The summed E-state index contributed by atoms with van der Waals surface area (Å²) in [5.41, 5.74) is 2.08. The van der Waals surface area contributed by atoms with Gasteiger partial charge in [-0.2, -0.15) is 0 Å². The van der Waals surface area contributed by atoms with Gasteiger partial charge < -0.3 is 19.6 Å². The fraction of sp³-hybridized carbons (Fsp3) is 0.250. The van der Waals surface area contributed by atoms with Crippen LogP contribution in [0.1, 0.15) is 32.2 Å². The van der Waals surface area contributed by atoms with E-state index in [-0.39, 0.29) is 11.5 Å². The summed E-state index contributed by atoms with van der Waals surface area (Å²) in [7, 11) is 1.62. The maximum atomic E-state index is 11.8. The molecule has 0 bridgehead atoms. The number of hydrogen-bond donors (Lipinski definition) is 2. The van der Waals surface area contributed by atoms with Crippen LogP contribution in [0.2, 0.25) is 0 Å². The van der Waals surface area contributed by atoms with Crippen molar-refractivity contribution in [2.24, 2.45) is 0 Å².